The van der Waals surface area contributed by atoms with Gasteiger partial charge in [0.1, 0.15) is 0 Å². The fourth-order valence-electron chi connectivity index (χ4n) is 1.32. The molecule has 0 radical (unpaired) electrons. The fraction of sp³-hybridized carbons (Fsp3) is 0.417. The summed E-state index contributed by atoms with van der Waals surface area (Å²) in [6.45, 7) is 9.56. The minimum Gasteiger partial charge on any atom is -0.788 e. The van der Waals surface area contributed by atoms with E-state index < -0.39 is 0 Å². The maximum atomic E-state index is 4.63. The summed E-state index contributed by atoms with van der Waals surface area (Å²) in [6.07, 6.45) is 0. The van der Waals surface area contributed by atoms with Crippen molar-refractivity contribution in [3.8, 4) is 0 Å². The zero-order chi connectivity index (χ0) is 13.3. The van der Waals surface area contributed by atoms with Crippen LogP contribution in [0.15, 0.2) is 35.3 Å². The molecule has 1 rings (SSSR count). The van der Waals surface area contributed by atoms with Crippen LogP contribution < -0.4 is 0 Å². The summed E-state index contributed by atoms with van der Waals surface area (Å²) in [5.41, 5.74) is 0.822. The van der Waals surface area contributed by atoms with E-state index in [-0.39, 0.29) is 62.3 Å². The second-order valence-electron chi connectivity index (χ2n) is 4.30. The fourth-order valence-corrected chi connectivity index (χ4v) is 7.18. The quantitative estimate of drug-likeness (QED) is 0.208. The summed E-state index contributed by atoms with van der Waals surface area (Å²) in [4.78, 5) is 3.91. The normalized spacial score (nSPS) is 8.74. The maximum Gasteiger partial charge on any atom is 0.154 e. The zero-order valence-electron chi connectivity index (χ0n) is 11.5. The van der Waals surface area contributed by atoms with Crippen LogP contribution in [-0.2, 0) is 67.4 Å². The van der Waals surface area contributed by atoms with Gasteiger partial charge in [-0.1, -0.05) is 18.2 Å². The van der Waals surface area contributed by atoms with E-state index in [0.29, 0.717) is 0 Å². The molecule has 1 aromatic carbocycles. The van der Waals surface area contributed by atoms with Crippen molar-refractivity contribution in [2.24, 2.45) is 4.99 Å². The van der Waals surface area contributed by atoms with Gasteiger partial charge in [0.15, 0.2) is 5.90 Å². The Kier molecular flexibility index (Phi) is 21.4. The van der Waals surface area contributed by atoms with Crippen LogP contribution in [0.3, 0.4) is 0 Å². The molecule has 0 amide bonds. The second-order valence-corrected chi connectivity index (χ2v) is 11.6. The Balaban J connectivity index is -0.000000258. The third-order valence-corrected chi connectivity index (χ3v) is 7.52. The first-order chi connectivity index (χ1) is 7.91. The van der Waals surface area contributed by atoms with E-state index in [1.54, 1.807) is 5.90 Å². The molecule has 0 N–H and O–H groups in total. The molecule has 0 atom stereocenters. The third-order valence-electron chi connectivity index (χ3n) is 1.68. The van der Waals surface area contributed by atoms with Crippen LogP contribution in [0.2, 0.25) is 0 Å². The number of aliphatic imine (C=N–C) groups is 1. The second kappa shape index (κ2) is 15.9. The molecule has 0 bridgehead atoms. The molecule has 0 fully saturated rings. The van der Waals surface area contributed by atoms with Gasteiger partial charge in [-0.15, -0.1) is 0 Å². The molecule has 1 aromatic rings. The van der Waals surface area contributed by atoms with Crippen molar-refractivity contribution >= 4 is 51.2 Å². The minimum absolute atomic E-state index is 0. The van der Waals surface area contributed by atoms with Crippen LogP contribution in [0.1, 0.15) is 0 Å². The van der Waals surface area contributed by atoms with E-state index >= 15 is 0 Å². The Hall–Kier alpha value is 1.57. The topological polar surface area (TPSA) is 12.4 Å². The summed E-state index contributed by atoms with van der Waals surface area (Å²) in [7, 11) is 0.222. The standard InChI is InChI=1S/C7H7NS2.C5H14P2.2Pt/c9-7(10)8-6-4-2-1-3-5-6;1-6(2)5-7(3)4;;/h1-5H,(H2,8,9,10);5H2,1-4H3;;. The van der Waals surface area contributed by atoms with Crippen molar-refractivity contribution in [1.29, 1.82) is 0 Å². The van der Waals surface area contributed by atoms with Crippen molar-refractivity contribution in [2.75, 3.05) is 32.6 Å². The Morgan fingerprint density at radius 2 is 1.37 bits per heavy atom. The first-order valence-corrected chi connectivity index (χ1v) is 11.7. The minimum atomic E-state index is 0. The molecule has 0 spiro atoms. The van der Waals surface area contributed by atoms with Gasteiger partial charge in [0, 0.05) is 84.6 Å². The average Bonchev–Trinajstić information content (AvgIpc) is 2.16. The molecular formula is C12H21NP2Pt2S2. The van der Waals surface area contributed by atoms with Crippen LogP contribution in [-0.4, -0.2) is 36.9 Å². The van der Waals surface area contributed by atoms with E-state index in [9.17, 15) is 0 Å². The van der Waals surface area contributed by atoms with Gasteiger partial charge in [0.05, 0.1) is 5.69 Å². The number of rotatable bonds is 3. The molecule has 116 valence electrons. The largest absolute Gasteiger partial charge is 0.788 e. The first-order valence-electron chi connectivity index (χ1n) is 5.47. The van der Waals surface area contributed by atoms with Crippen LogP contribution in [0.5, 0.6) is 0 Å². The van der Waals surface area contributed by atoms with E-state index in [1.165, 1.54) is 0 Å². The smallest absolute Gasteiger partial charge is 0.154 e. The van der Waals surface area contributed by atoms with E-state index in [4.69, 9.17) is 0 Å². The Morgan fingerprint density at radius 1 is 0.947 bits per heavy atom. The molecule has 0 unspecified atom stereocenters. The number of nitrogens with zero attached hydrogens (tertiary/aromatic N) is 1. The van der Waals surface area contributed by atoms with Crippen molar-refractivity contribution in [3.05, 3.63) is 30.3 Å². The molecule has 0 aromatic heterocycles. The number of hydrogen-bond acceptors (Lipinski definition) is 3. The monoisotopic (exact) mass is 695 g/mol. The zero-order valence-corrected chi connectivity index (χ0v) is 19.7. The Morgan fingerprint density at radius 3 is 1.63 bits per heavy atom. The summed E-state index contributed by atoms with van der Waals surface area (Å²) in [5, 5.41) is 0. The maximum absolute atomic E-state index is 4.63. The van der Waals surface area contributed by atoms with Crippen molar-refractivity contribution < 1.29 is 42.1 Å². The van der Waals surface area contributed by atoms with Gasteiger partial charge < -0.3 is 30.2 Å². The van der Waals surface area contributed by atoms with Crippen LogP contribution in [0.25, 0.3) is 0 Å². The predicted octanol–water partition coefficient (Wildman–Crippen LogP) is 3.65. The van der Waals surface area contributed by atoms with Crippen molar-refractivity contribution in [3.63, 3.8) is 0 Å². The Labute approximate surface area is 160 Å². The Bertz CT molecular complexity index is 326. The average molecular weight is 696 g/mol. The molecular weight excluding hydrogens is 674 g/mol. The molecule has 0 aliphatic rings. The van der Waals surface area contributed by atoms with Gasteiger partial charge >= 0.3 is 0 Å². The van der Waals surface area contributed by atoms with Gasteiger partial charge in [-0.25, -0.2) is 4.38 Å². The van der Waals surface area contributed by atoms with E-state index in [0.717, 1.165) is 5.69 Å². The van der Waals surface area contributed by atoms with Gasteiger partial charge in [-0.05, 0) is 12.1 Å². The van der Waals surface area contributed by atoms with Gasteiger partial charge in [0.2, 0.25) is 0 Å². The van der Waals surface area contributed by atoms with Crippen LogP contribution >= 0.6 is 15.8 Å². The van der Waals surface area contributed by atoms with E-state index in [2.05, 4.69) is 56.9 Å². The van der Waals surface area contributed by atoms with E-state index in [1.807, 2.05) is 30.3 Å². The van der Waals surface area contributed by atoms with Gasteiger partial charge in [-0.2, -0.15) is 0 Å². The van der Waals surface area contributed by atoms with Gasteiger partial charge in [0.25, 0.3) is 0 Å². The molecule has 0 aliphatic heterocycles. The van der Waals surface area contributed by atoms with Crippen molar-refractivity contribution in [2.45, 2.75) is 0 Å². The summed E-state index contributed by atoms with van der Waals surface area (Å²) >= 11 is 9.25. The predicted molar refractivity (Wildman–Crippen MR) is 93.5 cm³/mol. The SMILES string of the molecule is C[PH+](C)C[PH+](C)C.[Pt].[Pt].[S-]C([S-])=Nc1ccccc1. The number of para-hydroxylation sites is 1. The number of hydrogen-bond donors (Lipinski definition) is 0. The molecule has 7 heteroatoms. The summed E-state index contributed by atoms with van der Waals surface area (Å²) < 4.78 is 0.256. The first kappa shape index (κ1) is 25.5. The van der Waals surface area contributed by atoms with Crippen molar-refractivity contribution in [1.82, 2.24) is 0 Å². The molecule has 1 nitrogen and oxygen atoms in total. The molecule has 0 heterocycles. The van der Waals surface area contributed by atoms with Crippen LogP contribution in [0, 0.1) is 0 Å². The molecule has 0 aliphatic carbocycles. The third kappa shape index (κ3) is 19.6. The number of benzene rings is 1. The summed E-state index contributed by atoms with van der Waals surface area (Å²) in [6, 6.07) is 9.43. The summed E-state index contributed by atoms with van der Waals surface area (Å²) in [5.74, 6) is 1.56. The molecule has 19 heavy (non-hydrogen) atoms. The molecule has 0 saturated heterocycles. The van der Waals surface area contributed by atoms with Crippen LogP contribution in [0.4, 0.5) is 5.69 Å². The van der Waals surface area contributed by atoms with Gasteiger partial charge in [-0.3, -0.25) is 0 Å². The molecule has 0 saturated carbocycles.